The fourth-order valence-corrected chi connectivity index (χ4v) is 4.43. The quantitative estimate of drug-likeness (QED) is 0.352. The molecule has 5 nitrogen and oxygen atoms in total. The largest absolute Gasteiger partial charge is 0.496 e. The number of aromatic nitrogens is 1. The first-order chi connectivity index (χ1) is 14.8. The SMILES string of the molecule is COc1c(C)cc(Br)cc1C(=O)Nc1cccc(-c2nc3cc(C)cc(C)c3o2)c1C. The summed E-state index contributed by atoms with van der Waals surface area (Å²) in [5.41, 5.74) is 7.55. The lowest BCUT2D eigenvalue weighted by Gasteiger charge is -2.14. The predicted molar refractivity (Wildman–Crippen MR) is 127 cm³/mol. The summed E-state index contributed by atoms with van der Waals surface area (Å²) < 4.78 is 12.4. The first-order valence-electron chi connectivity index (χ1n) is 9.91. The first kappa shape index (κ1) is 21.1. The molecule has 0 fully saturated rings. The van der Waals surface area contributed by atoms with Crippen LogP contribution in [-0.2, 0) is 0 Å². The van der Waals surface area contributed by atoms with E-state index in [2.05, 4.69) is 32.3 Å². The minimum atomic E-state index is -0.245. The standard InChI is InChI=1S/C25H23BrN2O3/c1-13-9-14(2)23-21(10-13)28-25(31-23)18-7-6-8-20(16(18)4)27-24(29)19-12-17(26)11-15(3)22(19)30-5/h6-12H,1-5H3,(H,27,29). The van der Waals surface area contributed by atoms with Crippen LogP contribution in [-0.4, -0.2) is 18.0 Å². The Balaban J connectivity index is 1.72. The Bertz CT molecular complexity index is 1320. The Kier molecular flexibility index (Phi) is 5.58. The fraction of sp³-hybridized carbons (Fsp3) is 0.200. The average molecular weight is 479 g/mol. The second-order valence-electron chi connectivity index (χ2n) is 7.68. The number of carbonyl (C=O) groups excluding carboxylic acids is 1. The maximum absolute atomic E-state index is 13.1. The molecule has 0 radical (unpaired) electrons. The van der Waals surface area contributed by atoms with Crippen molar-refractivity contribution in [2.24, 2.45) is 0 Å². The van der Waals surface area contributed by atoms with E-state index < -0.39 is 0 Å². The number of carbonyl (C=O) groups is 1. The number of aryl methyl sites for hydroxylation is 3. The highest BCUT2D eigenvalue weighted by molar-refractivity contribution is 9.10. The molecular weight excluding hydrogens is 456 g/mol. The second-order valence-corrected chi connectivity index (χ2v) is 8.60. The van der Waals surface area contributed by atoms with Gasteiger partial charge in [0.2, 0.25) is 5.89 Å². The third-order valence-electron chi connectivity index (χ3n) is 5.32. The van der Waals surface area contributed by atoms with Crippen LogP contribution < -0.4 is 10.1 Å². The number of hydrogen-bond donors (Lipinski definition) is 1. The summed E-state index contributed by atoms with van der Waals surface area (Å²) in [4.78, 5) is 17.8. The highest BCUT2D eigenvalue weighted by atomic mass is 79.9. The summed E-state index contributed by atoms with van der Waals surface area (Å²) in [7, 11) is 1.57. The van der Waals surface area contributed by atoms with Crippen LogP contribution in [0.4, 0.5) is 5.69 Å². The molecule has 6 heteroatoms. The Morgan fingerprint density at radius 2 is 1.84 bits per heavy atom. The molecule has 0 aliphatic carbocycles. The van der Waals surface area contributed by atoms with E-state index in [-0.39, 0.29) is 5.91 Å². The zero-order valence-corrected chi connectivity index (χ0v) is 19.7. The van der Waals surface area contributed by atoms with Crippen molar-refractivity contribution >= 4 is 38.6 Å². The van der Waals surface area contributed by atoms with Crippen molar-refractivity contribution in [3.05, 3.63) is 74.8 Å². The summed E-state index contributed by atoms with van der Waals surface area (Å²) >= 11 is 3.46. The summed E-state index contributed by atoms with van der Waals surface area (Å²) in [6.07, 6.45) is 0. The van der Waals surface area contributed by atoms with E-state index in [0.29, 0.717) is 22.9 Å². The van der Waals surface area contributed by atoms with Gasteiger partial charge >= 0.3 is 0 Å². The Morgan fingerprint density at radius 1 is 1.06 bits per heavy atom. The summed E-state index contributed by atoms with van der Waals surface area (Å²) in [6, 6.07) is 13.5. The average Bonchev–Trinajstić information content (AvgIpc) is 3.13. The molecule has 0 bridgehead atoms. The maximum Gasteiger partial charge on any atom is 0.259 e. The molecule has 1 N–H and O–H groups in total. The van der Waals surface area contributed by atoms with Crippen molar-refractivity contribution in [1.82, 2.24) is 4.98 Å². The molecule has 31 heavy (non-hydrogen) atoms. The van der Waals surface area contributed by atoms with Crippen LogP contribution in [0.3, 0.4) is 0 Å². The zero-order chi connectivity index (χ0) is 22.3. The lowest BCUT2D eigenvalue weighted by atomic mass is 10.1. The summed E-state index contributed by atoms with van der Waals surface area (Å²) in [5.74, 6) is 0.845. The first-order valence-corrected chi connectivity index (χ1v) is 10.7. The lowest BCUT2D eigenvalue weighted by molar-refractivity contribution is 0.102. The molecule has 1 amide bonds. The van der Waals surface area contributed by atoms with E-state index in [0.717, 1.165) is 43.4 Å². The highest BCUT2D eigenvalue weighted by Crippen LogP contribution is 2.33. The lowest BCUT2D eigenvalue weighted by Crippen LogP contribution is -2.15. The number of methoxy groups -OCH3 is 1. The van der Waals surface area contributed by atoms with Crippen molar-refractivity contribution in [2.45, 2.75) is 27.7 Å². The molecule has 158 valence electrons. The second kappa shape index (κ2) is 8.19. The number of ether oxygens (including phenoxy) is 1. The number of oxazole rings is 1. The van der Waals surface area contributed by atoms with Crippen LogP contribution in [0.25, 0.3) is 22.6 Å². The van der Waals surface area contributed by atoms with Crippen molar-refractivity contribution in [2.75, 3.05) is 12.4 Å². The van der Waals surface area contributed by atoms with Gasteiger partial charge in [-0.05, 0) is 80.3 Å². The molecule has 0 unspecified atom stereocenters. The molecule has 1 heterocycles. The number of nitrogens with zero attached hydrogens (tertiary/aromatic N) is 1. The molecule has 3 aromatic carbocycles. The molecule has 0 aliphatic heterocycles. The van der Waals surface area contributed by atoms with E-state index in [1.54, 1.807) is 13.2 Å². The predicted octanol–water partition coefficient (Wildman–Crippen LogP) is 6.75. The topological polar surface area (TPSA) is 64.4 Å². The molecule has 0 spiro atoms. The minimum absolute atomic E-state index is 0.245. The molecule has 4 rings (SSSR count). The van der Waals surface area contributed by atoms with Gasteiger partial charge in [0, 0.05) is 15.7 Å². The number of rotatable bonds is 4. The fourth-order valence-electron chi connectivity index (χ4n) is 3.85. The smallest absolute Gasteiger partial charge is 0.259 e. The number of fused-ring (bicyclic) bond motifs is 1. The number of benzene rings is 3. The van der Waals surface area contributed by atoms with Gasteiger partial charge in [0.1, 0.15) is 11.3 Å². The summed E-state index contributed by atoms with van der Waals surface area (Å²) in [5, 5.41) is 3.01. The van der Waals surface area contributed by atoms with Gasteiger partial charge in [0.25, 0.3) is 5.91 Å². The van der Waals surface area contributed by atoms with Crippen LogP contribution in [0.15, 0.2) is 51.4 Å². The van der Waals surface area contributed by atoms with Crippen LogP contribution in [0, 0.1) is 27.7 Å². The molecule has 0 aliphatic rings. The Labute approximate surface area is 189 Å². The summed E-state index contributed by atoms with van der Waals surface area (Å²) in [6.45, 7) is 7.91. The van der Waals surface area contributed by atoms with Gasteiger partial charge in [0.05, 0.1) is 12.7 Å². The normalized spacial score (nSPS) is 11.0. The molecular formula is C25H23BrN2O3. The minimum Gasteiger partial charge on any atom is -0.496 e. The van der Waals surface area contributed by atoms with Gasteiger partial charge < -0.3 is 14.5 Å². The number of nitrogens with one attached hydrogen (secondary N) is 1. The third kappa shape index (κ3) is 3.95. The van der Waals surface area contributed by atoms with Crippen LogP contribution >= 0.6 is 15.9 Å². The van der Waals surface area contributed by atoms with E-state index in [9.17, 15) is 4.79 Å². The van der Waals surface area contributed by atoms with E-state index in [4.69, 9.17) is 9.15 Å². The van der Waals surface area contributed by atoms with E-state index >= 15 is 0 Å². The van der Waals surface area contributed by atoms with E-state index in [1.807, 2.05) is 58.0 Å². The van der Waals surface area contributed by atoms with Crippen molar-refractivity contribution < 1.29 is 13.9 Å². The van der Waals surface area contributed by atoms with Crippen molar-refractivity contribution in [1.29, 1.82) is 0 Å². The third-order valence-corrected chi connectivity index (χ3v) is 5.78. The van der Waals surface area contributed by atoms with Crippen LogP contribution in [0.2, 0.25) is 0 Å². The molecule has 1 aromatic heterocycles. The van der Waals surface area contributed by atoms with Gasteiger partial charge in [-0.1, -0.05) is 28.1 Å². The highest BCUT2D eigenvalue weighted by Gasteiger charge is 2.19. The molecule has 4 aromatic rings. The number of anilines is 1. The van der Waals surface area contributed by atoms with Gasteiger partial charge in [-0.2, -0.15) is 0 Å². The van der Waals surface area contributed by atoms with Gasteiger partial charge in [-0.3, -0.25) is 4.79 Å². The maximum atomic E-state index is 13.1. The zero-order valence-electron chi connectivity index (χ0n) is 18.1. The van der Waals surface area contributed by atoms with Crippen LogP contribution in [0.5, 0.6) is 5.75 Å². The van der Waals surface area contributed by atoms with Gasteiger partial charge in [-0.25, -0.2) is 4.98 Å². The molecule has 0 atom stereocenters. The molecule has 0 saturated carbocycles. The van der Waals surface area contributed by atoms with Crippen molar-refractivity contribution in [3.8, 4) is 17.2 Å². The van der Waals surface area contributed by atoms with Crippen LogP contribution in [0.1, 0.15) is 32.6 Å². The number of hydrogen-bond acceptors (Lipinski definition) is 4. The Hall–Kier alpha value is -3.12. The molecule has 0 saturated heterocycles. The Morgan fingerprint density at radius 3 is 2.58 bits per heavy atom. The number of halogens is 1. The van der Waals surface area contributed by atoms with Gasteiger partial charge in [0.15, 0.2) is 5.58 Å². The number of amides is 1. The van der Waals surface area contributed by atoms with Crippen molar-refractivity contribution in [3.63, 3.8) is 0 Å². The van der Waals surface area contributed by atoms with E-state index in [1.165, 1.54) is 0 Å². The monoisotopic (exact) mass is 478 g/mol. The van der Waals surface area contributed by atoms with Gasteiger partial charge in [-0.15, -0.1) is 0 Å².